The van der Waals surface area contributed by atoms with Crippen LogP contribution in [-0.4, -0.2) is 20.1 Å². The van der Waals surface area contributed by atoms with Gasteiger partial charge in [-0.15, -0.1) is 0 Å². The molecule has 1 N–H and O–H groups in total. The Hall–Kier alpha value is -1.44. The number of nitrogens with zero attached hydrogens (tertiary/aromatic N) is 1. The molecule has 0 saturated carbocycles. The van der Waals surface area contributed by atoms with E-state index >= 15 is 0 Å². The van der Waals surface area contributed by atoms with Gasteiger partial charge in [-0.3, -0.25) is 0 Å². The van der Waals surface area contributed by atoms with Gasteiger partial charge in [0, 0.05) is 31.5 Å². The summed E-state index contributed by atoms with van der Waals surface area (Å²) in [7, 11) is 1.91. The zero-order chi connectivity index (χ0) is 13.4. The van der Waals surface area contributed by atoms with Crippen LogP contribution in [0.1, 0.15) is 38.7 Å². The highest BCUT2D eigenvalue weighted by Crippen LogP contribution is 2.20. The van der Waals surface area contributed by atoms with E-state index in [0.29, 0.717) is 0 Å². The molecule has 0 aliphatic rings. The molecule has 18 heavy (non-hydrogen) atoms. The minimum absolute atomic E-state index is 0.976. The van der Waals surface area contributed by atoms with E-state index in [-0.39, 0.29) is 0 Å². The summed E-state index contributed by atoms with van der Waals surface area (Å²) in [5.41, 5.74) is 3.45. The van der Waals surface area contributed by atoms with Crippen LogP contribution in [0.15, 0.2) is 30.8 Å². The van der Waals surface area contributed by atoms with Crippen molar-refractivity contribution in [2.45, 2.75) is 33.1 Å². The summed E-state index contributed by atoms with van der Waals surface area (Å²) in [6.07, 6.45) is 3.67. The van der Waals surface area contributed by atoms with Crippen molar-refractivity contribution in [3.8, 4) is 0 Å². The van der Waals surface area contributed by atoms with Crippen LogP contribution < -0.4 is 10.2 Å². The van der Waals surface area contributed by atoms with Crippen molar-refractivity contribution in [2.75, 3.05) is 25.0 Å². The van der Waals surface area contributed by atoms with Gasteiger partial charge in [-0.1, -0.05) is 39.0 Å². The first kappa shape index (κ1) is 14.6. The second-order valence-corrected chi connectivity index (χ2v) is 4.62. The number of anilines is 1. The monoisotopic (exact) mass is 246 g/mol. The molecule has 0 unspecified atom stereocenters. The van der Waals surface area contributed by atoms with Crippen LogP contribution in [0.4, 0.5) is 5.69 Å². The van der Waals surface area contributed by atoms with Gasteiger partial charge in [-0.25, -0.2) is 0 Å². The molecule has 0 fully saturated rings. The van der Waals surface area contributed by atoms with Crippen LogP contribution in [0.5, 0.6) is 0 Å². The normalized spacial score (nSPS) is 10.2. The Kier molecular flexibility index (Phi) is 6.34. The summed E-state index contributed by atoms with van der Waals surface area (Å²) in [5, 5.41) is 3.11. The third-order valence-corrected chi connectivity index (χ3v) is 3.14. The third kappa shape index (κ3) is 4.10. The maximum Gasteiger partial charge on any atom is 0.0372 e. The first-order valence-electron chi connectivity index (χ1n) is 6.95. The molecule has 0 spiro atoms. The standard InChI is InChI=1S/C16H26N2/c1-5-7-12-18(11-6-2)16-10-8-9-15(13-16)14(3)17-4/h8-10,13,17H,3,5-7,11-12H2,1-2,4H3. The zero-order valence-electron chi connectivity index (χ0n) is 12.0. The quantitative estimate of drug-likeness (QED) is 0.748. The molecule has 1 rings (SSSR count). The van der Waals surface area contributed by atoms with E-state index in [9.17, 15) is 0 Å². The second-order valence-electron chi connectivity index (χ2n) is 4.62. The molecule has 0 bridgehead atoms. The van der Waals surface area contributed by atoms with Crippen LogP contribution >= 0.6 is 0 Å². The molecular formula is C16H26N2. The topological polar surface area (TPSA) is 15.3 Å². The van der Waals surface area contributed by atoms with Crippen molar-refractivity contribution in [1.82, 2.24) is 5.32 Å². The van der Waals surface area contributed by atoms with Crippen molar-refractivity contribution in [2.24, 2.45) is 0 Å². The van der Waals surface area contributed by atoms with E-state index in [1.54, 1.807) is 0 Å². The lowest BCUT2D eigenvalue weighted by molar-refractivity contribution is 0.704. The molecule has 100 valence electrons. The van der Waals surface area contributed by atoms with E-state index in [1.165, 1.54) is 30.5 Å². The number of hydrogen-bond donors (Lipinski definition) is 1. The van der Waals surface area contributed by atoms with Crippen LogP contribution in [0.3, 0.4) is 0 Å². The number of rotatable bonds is 8. The van der Waals surface area contributed by atoms with Crippen LogP contribution in [-0.2, 0) is 0 Å². The number of benzene rings is 1. The van der Waals surface area contributed by atoms with Gasteiger partial charge in [-0.05, 0) is 30.5 Å². The largest absolute Gasteiger partial charge is 0.388 e. The molecule has 0 amide bonds. The molecule has 1 aromatic rings. The van der Waals surface area contributed by atoms with Gasteiger partial charge < -0.3 is 10.2 Å². The summed E-state index contributed by atoms with van der Waals surface area (Å²) in [6.45, 7) is 10.8. The average Bonchev–Trinajstić information content (AvgIpc) is 2.42. The minimum Gasteiger partial charge on any atom is -0.388 e. The molecule has 0 radical (unpaired) electrons. The Bertz CT molecular complexity index is 371. The fourth-order valence-corrected chi connectivity index (χ4v) is 2.02. The van der Waals surface area contributed by atoms with Gasteiger partial charge in [0.15, 0.2) is 0 Å². The SMILES string of the molecule is C=C(NC)c1cccc(N(CCC)CCCC)c1. The Labute approximate surface area is 112 Å². The van der Waals surface area contributed by atoms with E-state index in [4.69, 9.17) is 0 Å². The van der Waals surface area contributed by atoms with Crippen LogP contribution in [0.25, 0.3) is 5.70 Å². The van der Waals surface area contributed by atoms with Crippen LogP contribution in [0, 0.1) is 0 Å². The van der Waals surface area contributed by atoms with Gasteiger partial charge in [0.05, 0.1) is 0 Å². The lowest BCUT2D eigenvalue weighted by atomic mass is 10.1. The maximum absolute atomic E-state index is 4.02. The highest BCUT2D eigenvalue weighted by atomic mass is 15.1. The van der Waals surface area contributed by atoms with Crippen molar-refractivity contribution in [3.05, 3.63) is 36.4 Å². The fraction of sp³-hybridized carbons (Fsp3) is 0.500. The van der Waals surface area contributed by atoms with Crippen molar-refractivity contribution in [1.29, 1.82) is 0 Å². The molecule has 0 aliphatic carbocycles. The van der Waals surface area contributed by atoms with E-state index < -0.39 is 0 Å². The number of nitrogens with one attached hydrogen (secondary N) is 1. The predicted molar refractivity (Wildman–Crippen MR) is 81.9 cm³/mol. The molecule has 2 nitrogen and oxygen atoms in total. The van der Waals surface area contributed by atoms with E-state index in [2.05, 4.69) is 54.9 Å². The maximum atomic E-state index is 4.02. The Morgan fingerprint density at radius 3 is 2.61 bits per heavy atom. The first-order valence-corrected chi connectivity index (χ1v) is 6.95. The van der Waals surface area contributed by atoms with Gasteiger partial charge >= 0.3 is 0 Å². The molecule has 0 aliphatic heterocycles. The van der Waals surface area contributed by atoms with E-state index in [1.807, 2.05) is 7.05 Å². The first-order chi connectivity index (χ1) is 8.72. The Morgan fingerprint density at radius 2 is 2.00 bits per heavy atom. The average molecular weight is 246 g/mol. The lowest BCUT2D eigenvalue weighted by Gasteiger charge is -2.25. The second kappa shape index (κ2) is 7.80. The highest BCUT2D eigenvalue weighted by Gasteiger charge is 2.06. The minimum atomic E-state index is 0.976. The van der Waals surface area contributed by atoms with Crippen molar-refractivity contribution < 1.29 is 0 Å². The molecule has 2 heteroatoms. The van der Waals surface area contributed by atoms with Crippen molar-refractivity contribution in [3.63, 3.8) is 0 Å². The van der Waals surface area contributed by atoms with Crippen LogP contribution in [0.2, 0.25) is 0 Å². The fourth-order valence-electron chi connectivity index (χ4n) is 2.02. The highest BCUT2D eigenvalue weighted by molar-refractivity contribution is 5.66. The zero-order valence-corrected chi connectivity index (χ0v) is 12.0. The van der Waals surface area contributed by atoms with Crippen molar-refractivity contribution >= 4 is 11.4 Å². The predicted octanol–water partition coefficient (Wildman–Crippen LogP) is 3.89. The lowest BCUT2D eigenvalue weighted by Crippen LogP contribution is -2.25. The summed E-state index contributed by atoms with van der Waals surface area (Å²) in [6, 6.07) is 8.63. The Morgan fingerprint density at radius 1 is 1.22 bits per heavy atom. The molecule has 0 aromatic heterocycles. The number of hydrogen-bond acceptors (Lipinski definition) is 2. The van der Waals surface area contributed by atoms with Gasteiger partial charge in [0.2, 0.25) is 0 Å². The summed E-state index contributed by atoms with van der Waals surface area (Å²) >= 11 is 0. The Balaban J connectivity index is 2.86. The summed E-state index contributed by atoms with van der Waals surface area (Å²) in [5.74, 6) is 0. The van der Waals surface area contributed by atoms with Gasteiger partial charge in [-0.2, -0.15) is 0 Å². The van der Waals surface area contributed by atoms with Gasteiger partial charge in [0.1, 0.15) is 0 Å². The molecule has 0 heterocycles. The van der Waals surface area contributed by atoms with Gasteiger partial charge in [0.25, 0.3) is 0 Å². The molecule has 0 atom stereocenters. The third-order valence-electron chi connectivity index (χ3n) is 3.14. The number of unbranched alkanes of at least 4 members (excludes halogenated alkanes) is 1. The smallest absolute Gasteiger partial charge is 0.0372 e. The summed E-state index contributed by atoms with van der Waals surface area (Å²) in [4.78, 5) is 2.47. The molecular weight excluding hydrogens is 220 g/mol. The molecule has 0 saturated heterocycles. The summed E-state index contributed by atoms with van der Waals surface area (Å²) < 4.78 is 0. The molecule has 1 aromatic carbocycles. The van der Waals surface area contributed by atoms with E-state index in [0.717, 1.165) is 18.8 Å².